The van der Waals surface area contributed by atoms with Gasteiger partial charge in [0.2, 0.25) is 0 Å². The van der Waals surface area contributed by atoms with Crippen LogP contribution in [0.1, 0.15) is 12.8 Å². The van der Waals surface area contributed by atoms with Gasteiger partial charge in [-0.05, 0) is 37.1 Å². The molecule has 1 aliphatic rings. The van der Waals surface area contributed by atoms with Crippen LogP contribution in [0.2, 0.25) is 0 Å². The average Bonchev–Trinajstić information content (AvgIpc) is 3.52. The molecule has 1 heterocycles. The number of ether oxygens (including phenoxy) is 1. The largest absolute Gasteiger partial charge is 1.00 e. The van der Waals surface area contributed by atoms with Crippen molar-refractivity contribution in [2.24, 2.45) is 0 Å². The minimum absolute atomic E-state index is 0. The molecule has 5 rings (SSSR count). The zero-order chi connectivity index (χ0) is 25.0. The quantitative estimate of drug-likeness (QED) is 0.324. The molecule has 0 atom stereocenters. The van der Waals surface area contributed by atoms with Crippen LogP contribution in [0.15, 0.2) is 121 Å². The first-order valence-electron chi connectivity index (χ1n) is 11.4. The van der Waals surface area contributed by atoms with Gasteiger partial charge >= 0.3 is 18.9 Å². The van der Waals surface area contributed by atoms with Gasteiger partial charge in [0.15, 0.2) is 0 Å². The van der Waals surface area contributed by atoms with E-state index in [9.17, 15) is 18.9 Å². The summed E-state index contributed by atoms with van der Waals surface area (Å²) in [6.07, 6.45) is 2.56. The second kappa shape index (κ2) is 15.2. The maximum Gasteiger partial charge on any atom is 1.00 e. The summed E-state index contributed by atoms with van der Waals surface area (Å²) in [5, 5.41) is 1.65. The van der Waals surface area contributed by atoms with E-state index in [4.69, 9.17) is 4.74 Å². The van der Waals surface area contributed by atoms with Gasteiger partial charge in [-0.25, -0.2) is 0 Å². The number of rotatable bonds is 4. The van der Waals surface area contributed by atoms with Crippen LogP contribution in [0.3, 0.4) is 0 Å². The van der Waals surface area contributed by atoms with Crippen LogP contribution in [0.4, 0.5) is 0 Å². The Morgan fingerprint density at radius 2 is 0.833 bits per heavy atom. The van der Waals surface area contributed by atoms with E-state index >= 15 is 0 Å². The molecule has 0 radical (unpaired) electrons. The molecule has 0 aromatic heterocycles. The summed E-state index contributed by atoms with van der Waals surface area (Å²) in [7, 11) is -7.04. The Morgan fingerprint density at radius 1 is 0.556 bits per heavy atom. The molecule has 1 aliphatic heterocycles. The van der Waals surface area contributed by atoms with Gasteiger partial charge in [0.05, 0.1) is 7.37 Å². The molecule has 36 heavy (non-hydrogen) atoms. The molecule has 1 fully saturated rings. The van der Waals surface area contributed by atoms with Gasteiger partial charge in [-0.3, -0.25) is 4.57 Å². The molecule has 0 aliphatic carbocycles. The molecule has 4 aromatic rings. The molecule has 0 saturated carbocycles. The fourth-order valence-corrected chi connectivity index (χ4v) is 6.20. The molecule has 0 spiro atoms. The van der Waals surface area contributed by atoms with Crippen molar-refractivity contribution in [1.29, 1.82) is 0 Å². The van der Waals surface area contributed by atoms with Crippen LogP contribution in [0.5, 0.6) is 0 Å². The van der Waals surface area contributed by atoms with E-state index in [1.165, 1.54) is 12.8 Å². The van der Waals surface area contributed by atoms with E-state index in [2.05, 4.69) is 0 Å². The van der Waals surface area contributed by atoms with Gasteiger partial charge in [0.1, 0.15) is 0 Å². The third-order valence-corrected chi connectivity index (χ3v) is 9.18. The smallest absolute Gasteiger partial charge is 0.793 e. The van der Waals surface area contributed by atoms with Gasteiger partial charge in [-0.2, -0.15) is 0 Å². The first-order valence-corrected chi connectivity index (χ1v) is 14.6. The van der Waals surface area contributed by atoms with E-state index in [0.717, 1.165) is 13.2 Å². The minimum Gasteiger partial charge on any atom is -0.793 e. The Morgan fingerprint density at radius 3 is 1.08 bits per heavy atom. The van der Waals surface area contributed by atoms with Crippen molar-refractivity contribution in [3.63, 3.8) is 0 Å². The number of hydrogen-bond acceptors (Lipinski definition) is 4. The van der Waals surface area contributed by atoms with Gasteiger partial charge in [-0.1, -0.05) is 97.1 Å². The van der Waals surface area contributed by atoms with Gasteiger partial charge in [0, 0.05) is 34.4 Å². The fraction of sp³-hybridized carbons (Fsp3) is 0.143. The topological polar surface area (TPSA) is 86.7 Å². The Balaban J connectivity index is 0.000000208. The van der Waals surface area contributed by atoms with E-state index in [1.54, 1.807) is 109 Å². The van der Waals surface area contributed by atoms with Gasteiger partial charge in [0.25, 0.3) is 7.37 Å². The molecule has 182 valence electrons. The molecule has 0 amide bonds. The van der Waals surface area contributed by atoms with Crippen LogP contribution >= 0.6 is 14.7 Å². The summed E-state index contributed by atoms with van der Waals surface area (Å²) in [6, 6.07) is 34.4. The van der Waals surface area contributed by atoms with Crippen molar-refractivity contribution >= 4 is 36.0 Å². The molecule has 0 unspecified atom stereocenters. The summed E-state index contributed by atoms with van der Waals surface area (Å²) in [6.45, 7) is 2.00. The molecule has 8 heteroatoms. The maximum absolute atomic E-state index is 12.2. The Hall–Kier alpha value is -2.18. The van der Waals surface area contributed by atoms with Crippen molar-refractivity contribution in [3.05, 3.63) is 121 Å². The summed E-state index contributed by atoms with van der Waals surface area (Å²) in [5.74, 6) is 0. The second-order valence-corrected chi connectivity index (χ2v) is 12.1. The number of hydrogen-bond donors (Lipinski definition) is 1. The van der Waals surface area contributed by atoms with Gasteiger partial charge in [-0.15, -0.1) is 0 Å². The predicted octanol–water partition coefficient (Wildman–Crippen LogP) is 0.984. The molecule has 1 saturated heterocycles. The normalized spacial score (nSPS) is 12.7. The van der Waals surface area contributed by atoms with E-state index < -0.39 is 14.7 Å². The Labute approximate surface area is 225 Å². The second-order valence-electron chi connectivity index (χ2n) is 7.79. The van der Waals surface area contributed by atoms with E-state index in [1.807, 2.05) is 12.1 Å². The van der Waals surface area contributed by atoms with E-state index in [-0.39, 0.29) is 18.9 Å². The van der Waals surface area contributed by atoms with Crippen LogP contribution in [0.25, 0.3) is 0 Å². The maximum atomic E-state index is 12.2. The zero-order valence-electron chi connectivity index (χ0n) is 20.4. The third-order valence-electron chi connectivity index (χ3n) is 5.23. The fourth-order valence-electron chi connectivity index (χ4n) is 3.32. The minimum atomic E-state index is -3.65. The van der Waals surface area contributed by atoms with Crippen molar-refractivity contribution in [2.45, 2.75) is 12.8 Å². The summed E-state index contributed by atoms with van der Waals surface area (Å²) in [4.78, 5) is 22.1. The van der Waals surface area contributed by atoms with Crippen LogP contribution < -0.4 is 45.0 Å². The van der Waals surface area contributed by atoms with E-state index in [0.29, 0.717) is 21.2 Å². The molecule has 0 bridgehead atoms. The van der Waals surface area contributed by atoms with Crippen molar-refractivity contribution < 1.29 is 42.5 Å². The van der Waals surface area contributed by atoms with Crippen LogP contribution in [-0.4, -0.2) is 18.1 Å². The molecule has 1 N–H and O–H groups in total. The van der Waals surface area contributed by atoms with Crippen molar-refractivity contribution in [1.82, 2.24) is 0 Å². The predicted molar refractivity (Wildman–Crippen MR) is 142 cm³/mol. The van der Waals surface area contributed by atoms with Crippen LogP contribution in [-0.2, 0) is 13.9 Å². The summed E-state index contributed by atoms with van der Waals surface area (Å²) < 4.78 is 29.2. The summed E-state index contributed by atoms with van der Waals surface area (Å²) >= 11 is 0. The molecular formula is C28H29LiO5P2. The van der Waals surface area contributed by atoms with Crippen LogP contribution in [0, 0.1) is 0 Å². The zero-order valence-corrected chi connectivity index (χ0v) is 22.1. The number of benzene rings is 4. The first kappa shape index (κ1) is 30.0. The Bertz CT molecular complexity index is 1050. The van der Waals surface area contributed by atoms with Crippen molar-refractivity contribution in [2.75, 3.05) is 13.2 Å². The first-order chi connectivity index (χ1) is 16.9. The Kier molecular flexibility index (Phi) is 12.6. The standard InChI is InChI=1S/2C12H11O2P.C4H8O.Li/c2*13-15(14,11-7-3-1-4-8-11)12-9-5-2-6-10-12;1-2-4-5-3-1;/h2*1-10H,(H,13,14);1-4H2;/q;;;+1/p-1. The SMILES string of the molecule is C1CCOC1.O=P(O)(c1ccccc1)c1ccccc1.O=P([O-])(c1ccccc1)c1ccccc1.[Li+]. The summed E-state index contributed by atoms with van der Waals surface area (Å²) in [5.41, 5.74) is 0. The third kappa shape index (κ3) is 8.73. The van der Waals surface area contributed by atoms with Gasteiger partial charge < -0.3 is 19.1 Å². The average molecular weight is 514 g/mol. The van der Waals surface area contributed by atoms with Crippen molar-refractivity contribution in [3.8, 4) is 0 Å². The molecule has 5 nitrogen and oxygen atoms in total. The monoisotopic (exact) mass is 514 g/mol. The molecule has 4 aromatic carbocycles. The molecular weight excluding hydrogens is 485 g/mol.